The highest BCUT2D eigenvalue weighted by atomic mass is 16.5. The van der Waals surface area contributed by atoms with Crippen LogP contribution in [0.3, 0.4) is 0 Å². The molecule has 0 radical (unpaired) electrons. The van der Waals surface area contributed by atoms with Crippen LogP contribution < -0.4 is 25.3 Å². The lowest BCUT2D eigenvalue weighted by Gasteiger charge is -2.17. The van der Waals surface area contributed by atoms with Crippen molar-refractivity contribution in [3.63, 3.8) is 0 Å². The molecule has 36 heavy (non-hydrogen) atoms. The minimum atomic E-state index is -0.631. The molecule has 0 atom stereocenters. The number of aryl methyl sites for hydroxylation is 1. The number of hydrogen-bond donors (Lipinski definition) is 0. The van der Waals surface area contributed by atoms with E-state index in [2.05, 4.69) is 11.1 Å². The summed E-state index contributed by atoms with van der Waals surface area (Å²) in [5.74, 6) is 0.294. The number of fused-ring (bicyclic) bond motifs is 2. The normalized spacial score (nSPS) is 11.7. The predicted molar refractivity (Wildman–Crippen MR) is 133 cm³/mol. The molecular weight excluding hydrogens is 462 g/mol. The quantitative estimate of drug-likeness (QED) is 0.397. The van der Waals surface area contributed by atoms with Crippen molar-refractivity contribution < 1.29 is 19.0 Å². The van der Waals surface area contributed by atoms with Crippen molar-refractivity contribution in [2.24, 2.45) is 4.99 Å². The highest BCUT2D eigenvalue weighted by Crippen LogP contribution is 2.38. The predicted octanol–water partition coefficient (Wildman–Crippen LogP) is 3.18. The van der Waals surface area contributed by atoms with Gasteiger partial charge in [0, 0.05) is 17.8 Å². The Morgan fingerprint density at radius 3 is 2.31 bits per heavy atom. The highest BCUT2D eigenvalue weighted by molar-refractivity contribution is 5.96. The fourth-order valence-corrected chi connectivity index (χ4v) is 4.10. The minimum absolute atomic E-state index is 0.0727. The molecule has 0 spiro atoms. The van der Waals surface area contributed by atoms with E-state index in [1.807, 2.05) is 26.8 Å². The van der Waals surface area contributed by atoms with Gasteiger partial charge in [0.15, 0.2) is 17.0 Å². The molecule has 0 saturated carbocycles. The van der Waals surface area contributed by atoms with Gasteiger partial charge in [-0.05, 0) is 50.6 Å². The second-order valence-electron chi connectivity index (χ2n) is 8.33. The minimum Gasteiger partial charge on any atom is -0.493 e. The van der Waals surface area contributed by atoms with Crippen molar-refractivity contribution in [1.29, 1.82) is 5.26 Å². The molecule has 10 nitrogen and oxygen atoms in total. The molecular formula is C26H25N5O5. The van der Waals surface area contributed by atoms with Crippen LogP contribution in [0.1, 0.15) is 41.4 Å². The van der Waals surface area contributed by atoms with E-state index in [4.69, 9.17) is 19.2 Å². The maximum absolute atomic E-state index is 13.3. The van der Waals surface area contributed by atoms with Gasteiger partial charge in [-0.1, -0.05) is 6.07 Å². The number of nitrogens with zero attached hydrogens (tertiary/aromatic N) is 5. The van der Waals surface area contributed by atoms with Crippen LogP contribution in [0.4, 0.5) is 0 Å². The summed E-state index contributed by atoms with van der Waals surface area (Å²) >= 11 is 0. The van der Waals surface area contributed by atoms with Crippen LogP contribution in [0.5, 0.6) is 17.2 Å². The SMILES string of the molecule is COc1cc(C(=O)N=c2c(C#N)cc3c(=O)n4cccc(C)c4nc3n2C(C)C)cc(OC)c1OC. The topological polar surface area (TPSA) is 120 Å². The Bertz CT molecular complexity index is 1670. The fourth-order valence-electron chi connectivity index (χ4n) is 4.10. The number of carbonyl (C=O) groups is 1. The maximum atomic E-state index is 13.3. The molecule has 1 aromatic carbocycles. The Labute approximate surface area is 206 Å². The van der Waals surface area contributed by atoms with E-state index >= 15 is 0 Å². The zero-order valence-corrected chi connectivity index (χ0v) is 20.8. The van der Waals surface area contributed by atoms with Crippen molar-refractivity contribution in [2.45, 2.75) is 26.8 Å². The number of methoxy groups -OCH3 is 3. The molecule has 1 amide bonds. The number of rotatable bonds is 5. The van der Waals surface area contributed by atoms with Crippen LogP contribution >= 0.6 is 0 Å². The van der Waals surface area contributed by atoms with E-state index in [1.54, 1.807) is 16.8 Å². The van der Waals surface area contributed by atoms with Crippen LogP contribution in [-0.2, 0) is 0 Å². The van der Waals surface area contributed by atoms with Gasteiger partial charge in [-0.3, -0.25) is 14.0 Å². The molecule has 0 aliphatic heterocycles. The summed E-state index contributed by atoms with van der Waals surface area (Å²) < 4.78 is 19.1. The van der Waals surface area contributed by atoms with Gasteiger partial charge in [-0.15, -0.1) is 0 Å². The molecule has 0 saturated heterocycles. The summed E-state index contributed by atoms with van der Waals surface area (Å²) in [5.41, 5.74) is 1.66. The molecule has 0 fully saturated rings. The van der Waals surface area contributed by atoms with Gasteiger partial charge < -0.3 is 18.8 Å². The third-order valence-electron chi connectivity index (χ3n) is 5.81. The number of hydrogen-bond acceptors (Lipinski definition) is 7. The third-order valence-corrected chi connectivity index (χ3v) is 5.81. The molecule has 4 rings (SSSR count). The summed E-state index contributed by atoms with van der Waals surface area (Å²) in [7, 11) is 4.36. The third kappa shape index (κ3) is 3.94. The van der Waals surface area contributed by atoms with Crippen molar-refractivity contribution >= 4 is 22.6 Å². The number of pyridine rings is 2. The number of amides is 1. The number of carbonyl (C=O) groups excluding carboxylic acids is 1. The molecule has 0 bridgehead atoms. The zero-order valence-electron chi connectivity index (χ0n) is 20.8. The van der Waals surface area contributed by atoms with Gasteiger partial charge in [-0.25, -0.2) is 4.98 Å². The average Bonchev–Trinajstić information content (AvgIpc) is 2.87. The van der Waals surface area contributed by atoms with Crippen LogP contribution in [0.2, 0.25) is 0 Å². The number of nitriles is 1. The first-order valence-electron chi connectivity index (χ1n) is 11.1. The second kappa shape index (κ2) is 9.54. The first-order valence-corrected chi connectivity index (χ1v) is 11.1. The number of aromatic nitrogens is 3. The van der Waals surface area contributed by atoms with Gasteiger partial charge in [0.25, 0.3) is 11.5 Å². The summed E-state index contributed by atoms with van der Waals surface area (Å²) in [6, 6.07) is 9.83. The summed E-state index contributed by atoms with van der Waals surface area (Å²) in [6.45, 7) is 5.59. The largest absolute Gasteiger partial charge is 0.493 e. The number of benzene rings is 1. The number of ether oxygens (including phenoxy) is 3. The molecule has 3 heterocycles. The lowest BCUT2D eigenvalue weighted by Crippen LogP contribution is -2.30. The van der Waals surface area contributed by atoms with Gasteiger partial charge in [-0.2, -0.15) is 10.3 Å². The van der Waals surface area contributed by atoms with Crippen molar-refractivity contribution in [1.82, 2.24) is 14.0 Å². The van der Waals surface area contributed by atoms with Crippen molar-refractivity contribution in [3.8, 4) is 23.3 Å². The highest BCUT2D eigenvalue weighted by Gasteiger charge is 2.20. The summed E-state index contributed by atoms with van der Waals surface area (Å²) in [4.78, 5) is 35.7. The lowest BCUT2D eigenvalue weighted by molar-refractivity contribution is 0.0996. The van der Waals surface area contributed by atoms with Gasteiger partial charge in [0.2, 0.25) is 5.75 Å². The van der Waals surface area contributed by atoms with E-state index in [1.165, 1.54) is 43.9 Å². The average molecular weight is 488 g/mol. The van der Waals surface area contributed by atoms with Gasteiger partial charge in [0.05, 0.1) is 32.3 Å². The Kier molecular flexibility index (Phi) is 6.49. The summed E-state index contributed by atoms with van der Waals surface area (Å²) in [6.07, 6.45) is 1.63. The van der Waals surface area contributed by atoms with Crippen molar-refractivity contribution in [3.05, 3.63) is 69.1 Å². The fraction of sp³-hybridized carbons (Fsp3) is 0.269. The maximum Gasteiger partial charge on any atom is 0.279 e. The van der Waals surface area contributed by atoms with Crippen LogP contribution in [0.15, 0.2) is 46.3 Å². The molecule has 184 valence electrons. The molecule has 10 heteroatoms. The first kappa shape index (κ1) is 24.5. The van der Waals surface area contributed by atoms with E-state index < -0.39 is 5.91 Å². The molecule has 0 unspecified atom stereocenters. The molecule has 0 N–H and O–H groups in total. The van der Waals surface area contributed by atoms with Crippen LogP contribution in [0.25, 0.3) is 16.7 Å². The zero-order chi connectivity index (χ0) is 26.1. The standard InChI is InChI=1S/C26H25N5O5/c1-14(2)31-23(29-25(32)16-11-19(34-4)21(36-6)20(12-16)35-5)17(13-27)10-18-24(31)28-22-15(3)8-7-9-30(22)26(18)33/h7-12,14H,1-6H3. The molecule has 4 aromatic rings. The molecule has 0 aliphatic rings. The lowest BCUT2D eigenvalue weighted by atomic mass is 10.1. The van der Waals surface area contributed by atoms with Crippen LogP contribution in [0, 0.1) is 18.3 Å². The van der Waals surface area contributed by atoms with E-state index in [0.717, 1.165) is 5.56 Å². The summed E-state index contributed by atoms with van der Waals surface area (Å²) in [5, 5.41) is 10.2. The van der Waals surface area contributed by atoms with Gasteiger partial charge >= 0.3 is 0 Å². The second-order valence-corrected chi connectivity index (χ2v) is 8.33. The van der Waals surface area contributed by atoms with E-state index in [9.17, 15) is 14.9 Å². The van der Waals surface area contributed by atoms with E-state index in [0.29, 0.717) is 28.5 Å². The van der Waals surface area contributed by atoms with Crippen molar-refractivity contribution in [2.75, 3.05) is 21.3 Å². The molecule has 3 aromatic heterocycles. The van der Waals surface area contributed by atoms with Gasteiger partial charge in [0.1, 0.15) is 17.4 Å². The molecule has 0 aliphatic carbocycles. The Morgan fingerprint density at radius 1 is 1.08 bits per heavy atom. The Hall–Kier alpha value is -4.65. The smallest absolute Gasteiger partial charge is 0.279 e. The van der Waals surface area contributed by atoms with Crippen LogP contribution in [-0.4, -0.2) is 41.2 Å². The monoisotopic (exact) mass is 487 g/mol. The Morgan fingerprint density at radius 2 is 1.75 bits per heavy atom. The van der Waals surface area contributed by atoms with E-state index in [-0.39, 0.29) is 33.6 Å². The Balaban J connectivity index is 2.08. The first-order chi connectivity index (χ1) is 17.2.